The van der Waals surface area contributed by atoms with Gasteiger partial charge < -0.3 is 10.0 Å². The molecule has 0 fully saturated rings. The molecule has 0 aliphatic carbocycles. The number of carbonyl (C=O) groups excluding carboxylic acids is 1. The van der Waals surface area contributed by atoms with E-state index in [1.165, 1.54) is 4.90 Å². The highest BCUT2D eigenvalue weighted by molar-refractivity contribution is 7.95. The van der Waals surface area contributed by atoms with Crippen molar-refractivity contribution in [2.75, 3.05) is 0 Å². The topological polar surface area (TPSA) is 104 Å². The second-order valence-corrected chi connectivity index (χ2v) is 6.27. The second-order valence-electron chi connectivity index (χ2n) is 4.70. The van der Waals surface area contributed by atoms with E-state index >= 15 is 0 Å². The van der Waals surface area contributed by atoms with Crippen molar-refractivity contribution < 1.29 is 23.1 Å². The van der Waals surface area contributed by atoms with Crippen LogP contribution in [-0.2, 0) is 32.7 Å². The third-order valence-corrected chi connectivity index (χ3v) is 4.61. The quantitative estimate of drug-likeness (QED) is 0.845. The van der Waals surface area contributed by atoms with Gasteiger partial charge in [0, 0.05) is 13.1 Å². The van der Waals surface area contributed by atoms with Gasteiger partial charge in [-0.1, -0.05) is 24.3 Å². The summed E-state index contributed by atoms with van der Waals surface area (Å²) in [5, 5.41) is 8.79. The molecule has 0 bridgehead atoms. The van der Waals surface area contributed by atoms with Gasteiger partial charge in [-0.05, 0) is 17.2 Å². The molecule has 2 aliphatic heterocycles. The molecule has 2 aliphatic rings. The Morgan fingerprint density at radius 2 is 1.71 bits per heavy atom. The number of benzene rings is 1. The average molecular weight is 306 g/mol. The summed E-state index contributed by atoms with van der Waals surface area (Å²) >= 11 is 0. The maximum absolute atomic E-state index is 12.3. The number of hydrogen-bond donors (Lipinski definition) is 1. The molecule has 1 aromatic rings. The van der Waals surface area contributed by atoms with E-state index in [0.717, 1.165) is 17.2 Å². The van der Waals surface area contributed by atoms with Crippen LogP contribution < -0.4 is 0 Å². The lowest BCUT2D eigenvalue weighted by molar-refractivity contribution is -0.129. The van der Waals surface area contributed by atoms with Crippen molar-refractivity contribution >= 4 is 27.6 Å². The van der Waals surface area contributed by atoms with Gasteiger partial charge in [0.1, 0.15) is 0 Å². The first-order valence-electron chi connectivity index (χ1n) is 6.04. The number of nitrogens with zero attached hydrogens (tertiary/aromatic N) is 2. The number of amides is 1. The summed E-state index contributed by atoms with van der Waals surface area (Å²) in [6, 6.07) is 7.40. The number of hydrogen-bond acceptors (Lipinski definition) is 4. The van der Waals surface area contributed by atoms with Crippen LogP contribution >= 0.6 is 0 Å². The van der Waals surface area contributed by atoms with Gasteiger partial charge in [-0.15, -0.1) is 0 Å². The van der Waals surface area contributed by atoms with Crippen molar-refractivity contribution in [1.82, 2.24) is 4.90 Å². The maximum atomic E-state index is 12.3. The lowest BCUT2D eigenvalue weighted by atomic mass is 10.1. The highest BCUT2D eigenvalue weighted by Crippen LogP contribution is 2.27. The Balaban J connectivity index is 1.89. The molecule has 1 N–H and O–H groups in total. The van der Waals surface area contributed by atoms with Gasteiger partial charge in [-0.25, -0.2) is 4.79 Å². The fourth-order valence-electron chi connectivity index (χ4n) is 2.31. The summed E-state index contributed by atoms with van der Waals surface area (Å²) in [5.74, 6) is -2.21. The van der Waals surface area contributed by atoms with Crippen molar-refractivity contribution in [3.05, 3.63) is 46.4 Å². The highest BCUT2D eigenvalue weighted by atomic mass is 32.2. The Kier molecular flexibility index (Phi) is 2.91. The first-order valence-corrected chi connectivity index (χ1v) is 7.48. The second kappa shape index (κ2) is 4.52. The molecular formula is C13H10N2O5S. The molecule has 0 radical (unpaired) electrons. The molecule has 8 heteroatoms. The standard InChI is InChI=1S/C13H10N2O5S/c16-12(11-5-10(13(17)18)14-21(11,19)20)15-6-8-3-1-2-4-9(8)7-15/h1-5H,6-7H2,(H,17,18). The zero-order chi connectivity index (χ0) is 15.2. The van der Waals surface area contributed by atoms with E-state index in [1.54, 1.807) is 0 Å². The Bertz CT molecular complexity index is 798. The molecule has 3 rings (SSSR count). The van der Waals surface area contributed by atoms with Gasteiger partial charge in [-0.3, -0.25) is 4.79 Å². The maximum Gasteiger partial charge on any atom is 0.355 e. The van der Waals surface area contributed by atoms with Gasteiger partial charge in [0.25, 0.3) is 15.9 Å². The molecule has 0 spiro atoms. The zero-order valence-corrected chi connectivity index (χ0v) is 11.5. The monoisotopic (exact) mass is 306 g/mol. The molecule has 7 nitrogen and oxygen atoms in total. The molecule has 0 atom stereocenters. The largest absolute Gasteiger partial charge is 0.476 e. The SMILES string of the molecule is O=C(O)C1=NS(=O)(=O)C(C(=O)N2Cc3ccccc3C2)=C1. The predicted molar refractivity (Wildman–Crippen MR) is 72.8 cm³/mol. The number of carbonyl (C=O) groups is 2. The number of aliphatic carboxylic acids is 1. The Hall–Kier alpha value is -2.48. The van der Waals surface area contributed by atoms with E-state index in [0.29, 0.717) is 13.1 Å². The van der Waals surface area contributed by atoms with Gasteiger partial charge in [0.2, 0.25) is 0 Å². The molecule has 1 amide bonds. The first-order chi connectivity index (χ1) is 9.88. The molecule has 0 aromatic heterocycles. The summed E-state index contributed by atoms with van der Waals surface area (Å²) in [5.41, 5.74) is 1.25. The minimum absolute atomic E-state index is 0.296. The molecule has 2 heterocycles. The molecule has 0 unspecified atom stereocenters. The number of carboxylic acid groups (broad SMARTS) is 1. The third-order valence-electron chi connectivity index (χ3n) is 3.32. The van der Waals surface area contributed by atoms with Crippen LogP contribution in [0.2, 0.25) is 0 Å². The molecule has 108 valence electrons. The Morgan fingerprint density at radius 1 is 1.14 bits per heavy atom. The fourth-order valence-corrected chi connectivity index (χ4v) is 3.41. The molecular weight excluding hydrogens is 296 g/mol. The number of carboxylic acids is 1. The van der Waals surface area contributed by atoms with Crippen molar-refractivity contribution in [2.45, 2.75) is 13.1 Å². The van der Waals surface area contributed by atoms with Crippen LogP contribution in [0.4, 0.5) is 0 Å². The van der Waals surface area contributed by atoms with Crippen LogP contribution in [0.15, 0.2) is 39.6 Å². The lowest BCUT2D eigenvalue weighted by Gasteiger charge is -2.14. The Morgan fingerprint density at radius 3 is 2.19 bits per heavy atom. The van der Waals surface area contributed by atoms with E-state index in [2.05, 4.69) is 4.40 Å². The van der Waals surface area contributed by atoms with Crippen LogP contribution in [0.5, 0.6) is 0 Å². The van der Waals surface area contributed by atoms with Crippen molar-refractivity contribution in [1.29, 1.82) is 0 Å². The van der Waals surface area contributed by atoms with Crippen LogP contribution in [0.25, 0.3) is 0 Å². The molecule has 1 aromatic carbocycles. The average Bonchev–Trinajstić information content (AvgIpc) is 2.98. The number of rotatable bonds is 2. The molecule has 0 saturated heterocycles. The van der Waals surface area contributed by atoms with Gasteiger partial charge >= 0.3 is 5.97 Å². The van der Waals surface area contributed by atoms with E-state index < -0.39 is 32.5 Å². The van der Waals surface area contributed by atoms with Crippen LogP contribution in [0, 0.1) is 0 Å². The van der Waals surface area contributed by atoms with E-state index in [-0.39, 0.29) is 0 Å². The normalized spacial score (nSPS) is 19.0. The summed E-state index contributed by atoms with van der Waals surface area (Å²) in [4.78, 5) is 23.9. The highest BCUT2D eigenvalue weighted by Gasteiger charge is 2.37. The third kappa shape index (κ3) is 2.23. The van der Waals surface area contributed by atoms with Crippen molar-refractivity contribution in [3.8, 4) is 0 Å². The fraction of sp³-hybridized carbons (Fsp3) is 0.154. The van der Waals surface area contributed by atoms with Gasteiger partial charge in [0.05, 0.1) is 0 Å². The van der Waals surface area contributed by atoms with Crippen LogP contribution in [-0.4, -0.2) is 36.0 Å². The van der Waals surface area contributed by atoms with Crippen LogP contribution in [0.3, 0.4) is 0 Å². The summed E-state index contributed by atoms with van der Waals surface area (Å²) < 4.78 is 26.7. The van der Waals surface area contributed by atoms with Crippen molar-refractivity contribution in [3.63, 3.8) is 0 Å². The zero-order valence-electron chi connectivity index (χ0n) is 10.7. The Labute approximate surface area is 120 Å². The first kappa shape index (κ1) is 13.5. The van der Waals surface area contributed by atoms with E-state index in [9.17, 15) is 18.0 Å². The molecule has 21 heavy (non-hydrogen) atoms. The summed E-state index contributed by atoms with van der Waals surface area (Å²) in [6.45, 7) is 0.592. The van der Waals surface area contributed by atoms with E-state index in [1.807, 2.05) is 24.3 Å². The van der Waals surface area contributed by atoms with Gasteiger partial charge in [-0.2, -0.15) is 12.8 Å². The number of fused-ring (bicyclic) bond motifs is 1. The van der Waals surface area contributed by atoms with Gasteiger partial charge in [0.15, 0.2) is 10.6 Å². The van der Waals surface area contributed by atoms with Crippen molar-refractivity contribution in [2.24, 2.45) is 4.40 Å². The molecule has 0 saturated carbocycles. The van der Waals surface area contributed by atoms with E-state index in [4.69, 9.17) is 5.11 Å². The minimum Gasteiger partial charge on any atom is -0.476 e. The summed E-state index contributed by atoms with van der Waals surface area (Å²) in [7, 11) is -4.23. The number of sulfonamides is 1. The lowest BCUT2D eigenvalue weighted by Crippen LogP contribution is -2.28. The minimum atomic E-state index is -4.23. The predicted octanol–water partition coefficient (Wildman–Crippen LogP) is 0.282. The summed E-state index contributed by atoms with van der Waals surface area (Å²) in [6.07, 6.45) is 0.809. The smallest absolute Gasteiger partial charge is 0.355 e. The van der Waals surface area contributed by atoms with Crippen LogP contribution in [0.1, 0.15) is 11.1 Å².